The molecule has 8 nitrogen and oxygen atoms in total. The van der Waals surface area contributed by atoms with E-state index in [0.717, 1.165) is 19.3 Å². The van der Waals surface area contributed by atoms with Gasteiger partial charge in [-0.15, -0.1) is 0 Å². The molecule has 0 N–H and O–H groups in total. The number of piperidine rings is 1. The maximum absolute atomic E-state index is 13.7. The van der Waals surface area contributed by atoms with Gasteiger partial charge in [0.25, 0.3) is 17.5 Å². The second-order valence-corrected chi connectivity index (χ2v) is 8.46. The zero-order chi connectivity index (χ0) is 23.5. The fourth-order valence-corrected chi connectivity index (χ4v) is 4.25. The van der Waals surface area contributed by atoms with Gasteiger partial charge in [0.15, 0.2) is 0 Å². The van der Waals surface area contributed by atoms with Gasteiger partial charge in [0, 0.05) is 25.2 Å². The number of non-ortho nitro benzene ring substituents is 1. The van der Waals surface area contributed by atoms with Crippen LogP contribution in [0, 0.1) is 16.0 Å². The van der Waals surface area contributed by atoms with E-state index in [1.165, 1.54) is 29.2 Å². The van der Waals surface area contributed by atoms with E-state index in [4.69, 9.17) is 4.74 Å². The molecule has 2 aliphatic rings. The quantitative estimate of drug-likeness (QED) is 0.353. The monoisotopic (exact) mass is 449 g/mol. The number of para-hydroxylation sites is 2. The molecule has 8 heteroatoms. The van der Waals surface area contributed by atoms with Crippen LogP contribution in [-0.2, 0) is 9.59 Å². The highest BCUT2D eigenvalue weighted by atomic mass is 16.6. The van der Waals surface area contributed by atoms with E-state index in [1.807, 2.05) is 11.8 Å². The van der Waals surface area contributed by atoms with Crippen LogP contribution in [-0.4, -0.2) is 41.3 Å². The largest absolute Gasteiger partial charge is 0.491 e. The summed E-state index contributed by atoms with van der Waals surface area (Å²) < 4.78 is 5.82. The van der Waals surface area contributed by atoms with Crippen LogP contribution >= 0.6 is 0 Å². The second kappa shape index (κ2) is 9.44. The average molecular weight is 450 g/mol. The molecule has 0 saturated carbocycles. The van der Waals surface area contributed by atoms with Crippen LogP contribution in [0.1, 0.15) is 38.7 Å². The van der Waals surface area contributed by atoms with Crippen LogP contribution in [0.2, 0.25) is 0 Å². The molecule has 2 amide bonds. The molecule has 0 radical (unpaired) electrons. The molecule has 2 aromatic rings. The zero-order valence-corrected chi connectivity index (χ0v) is 18.8. The highest BCUT2D eigenvalue weighted by Crippen LogP contribution is 2.39. The Morgan fingerprint density at radius 2 is 1.70 bits per heavy atom. The number of benzene rings is 2. The third-order valence-corrected chi connectivity index (χ3v) is 6.09. The Kier molecular flexibility index (Phi) is 6.44. The van der Waals surface area contributed by atoms with Crippen molar-refractivity contribution < 1.29 is 19.2 Å². The van der Waals surface area contributed by atoms with Crippen molar-refractivity contribution in [2.45, 2.75) is 33.1 Å². The first-order valence-electron chi connectivity index (χ1n) is 11.3. The molecule has 2 heterocycles. The van der Waals surface area contributed by atoms with Crippen molar-refractivity contribution in [2.75, 3.05) is 24.6 Å². The van der Waals surface area contributed by atoms with Crippen molar-refractivity contribution >= 4 is 28.8 Å². The van der Waals surface area contributed by atoms with E-state index in [0.29, 0.717) is 48.3 Å². The summed E-state index contributed by atoms with van der Waals surface area (Å²) in [6.45, 7) is 5.98. The van der Waals surface area contributed by atoms with Gasteiger partial charge in [-0.2, -0.15) is 0 Å². The summed E-state index contributed by atoms with van der Waals surface area (Å²) in [7, 11) is 0. The molecule has 2 aliphatic heterocycles. The SMILES string of the molecule is CCCOc1ccccc1N1C(=O)C(c2ccc([N+](=O)[O-])cc2)=C(N2CCC(C)CC2)C1=O. The van der Waals surface area contributed by atoms with Crippen LogP contribution in [0.4, 0.5) is 11.4 Å². The first-order valence-corrected chi connectivity index (χ1v) is 11.3. The number of hydrogen-bond acceptors (Lipinski definition) is 6. The molecule has 4 rings (SSSR count). The number of amides is 2. The highest BCUT2D eigenvalue weighted by Gasteiger charge is 2.44. The lowest BCUT2D eigenvalue weighted by molar-refractivity contribution is -0.384. The van der Waals surface area contributed by atoms with Gasteiger partial charge < -0.3 is 9.64 Å². The fraction of sp³-hybridized carbons (Fsp3) is 0.360. The van der Waals surface area contributed by atoms with Gasteiger partial charge in [-0.25, -0.2) is 4.90 Å². The number of ether oxygens (including phenoxy) is 1. The fourth-order valence-electron chi connectivity index (χ4n) is 4.25. The van der Waals surface area contributed by atoms with Crippen LogP contribution in [0.15, 0.2) is 54.2 Å². The topological polar surface area (TPSA) is 93.0 Å². The van der Waals surface area contributed by atoms with Crippen LogP contribution in [0.5, 0.6) is 5.75 Å². The Labute approximate surface area is 192 Å². The molecule has 1 saturated heterocycles. The number of nitro benzene ring substituents is 1. The summed E-state index contributed by atoms with van der Waals surface area (Å²) in [5.74, 6) is 0.180. The van der Waals surface area contributed by atoms with Crippen molar-refractivity contribution in [2.24, 2.45) is 5.92 Å². The maximum Gasteiger partial charge on any atom is 0.282 e. The summed E-state index contributed by atoms with van der Waals surface area (Å²) in [6, 6.07) is 12.8. The molecule has 33 heavy (non-hydrogen) atoms. The van der Waals surface area contributed by atoms with E-state index in [-0.39, 0.29) is 11.3 Å². The van der Waals surface area contributed by atoms with Gasteiger partial charge in [-0.05, 0) is 55.0 Å². The van der Waals surface area contributed by atoms with Gasteiger partial charge >= 0.3 is 0 Å². The third kappa shape index (κ3) is 4.33. The Balaban J connectivity index is 1.79. The van der Waals surface area contributed by atoms with Crippen molar-refractivity contribution in [1.29, 1.82) is 0 Å². The number of anilines is 1. The minimum atomic E-state index is -0.486. The second-order valence-electron chi connectivity index (χ2n) is 8.46. The van der Waals surface area contributed by atoms with Crippen molar-refractivity contribution in [1.82, 2.24) is 4.90 Å². The van der Waals surface area contributed by atoms with Gasteiger partial charge in [0.1, 0.15) is 11.4 Å². The number of nitro groups is 1. The van der Waals surface area contributed by atoms with E-state index < -0.39 is 16.7 Å². The Bertz CT molecular complexity index is 1100. The normalized spacial score (nSPS) is 17.2. The summed E-state index contributed by atoms with van der Waals surface area (Å²) in [6.07, 6.45) is 2.64. The molecule has 172 valence electrons. The number of carbonyl (C=O) groups is 2. The number of rotatable bonds is 7. The van der Waals surface area contributed by atoms with Gasteiger partial charge in [-0.1, -0.05) is 26.0 Å². The van der Waals surface area contributed by atoms with Gasteiger partial charge in [0.2, 0.25) is 0 Å². The molecule has 0 spiro atoms. The van der Waals surface area contributed by atoms with Crippen LogP contribution < -0.4 is 9.64 Å². The minimum Gasteiger partial charge on any atom is -0.491 e. The lowest BCUT2D eigenvalue weighted by atomic mass is 9.97. The summed E-state index contributed by atoms with van der Waals surface area (Å²) in [4.78, 5) is 41.2. The Morgan fingerprint density at radius 1 is 1.03 bits per heavy atom. The molecule has 0 aliphatic carbocycles. The highest BCUT2D eigenvalue weighted by molar-refractivity contribution is 6.45. The molecular formula is C25H27N3O5. The van der Waals surface area contributed by atoms with Crippen molar-refractivity contribution in [3.8, 4) is 5.75 Å². The maximum atomic E-state index is 13.7. The average Bonchev–Trinajstić information content (AvgIpc) is 3.08. The van der Waals surface area contributed by atoms with Crippen molar-refractivity contribution in [3.05, 3.63) is 69.9 Å². The van der Waals surface area contributed by atoms with Crippen LogP contribution in [0.25, 0.3) is 5.57 Å². The predicted octanol–water partition coefficient (Wildman–Crippen LogP) is 4.40. The predicted molar refractivity (Wildman–Crippen MR) is 125 cm³/mol. The number of imide groups is 1. The third-order valence-electron chi connectivity index (χ3n) is 6.09. The molecule has 0 aromatic heterocycles. The van der Waals surface area contributed by atoms with Gasteiger partial charge in [-0.3, -0.25) is 19.7 Å². The van der Waals surface area contributed by atoms with E-state index >= 15 is 0 Å². The first-order chi connectivity index (χ1) is 15.9. The number of nitrogens with zero attached hydrogens (tertiary/aromatic N) is 3. The van der Waals surface area contributed by atoms with Crippen molar-refractivity contribution in [3.63, 3.8) is 0 Å². The summed E-state index contributed by atoms with van der Waals surface area (Å²) in [5.41, 5.74) is 1.45. The van der Waals surface area contributed by atoms with Gasteiger partial charge in [0.05, 0.1) is 22.8 Å². The number of carbonyl (C=O) groups excluding carboxylic acids is 2. The standard InChI is InChI=1S/C25H27N3O5/c1-3-16-33-21-7-5-4-6-20(21)27-24(29)22(18-8-10-19(11-9-18)28(31)32)23(25(27)30)26-14-12-17(2)13-15-26/h4-11,17H,3,12-16H2,1-2H3. The number of likely N-dealkylation sites (tertiary alicyclic amines) is 1. The molecule has 1 fully saturated rings. The lowest BCUT2D eigenvalue weighted by Gasteiger charge is -2.32. The van der Waals surface area contributed by atoms with Crippen LogP contribution in [0.3, 0.4) is 0 Å². The zero-order valence-electron chi connectivity index (χ0n) is 18.8. The molecular weight excluding hydrogens is 422 g/mol. The lowest BCUT2D eigenvalue weighted by Crippen LogP contribution is -2.38. The summed E-state index contributed by atoms with van der Waals surface area (Å²) in [5, 5.41) is 11.1. The molecule has 0 bridgehead atoms. The minimum absolute atomic E-state index is 0.0698. The van der Waals surface area contributed by atoms with E-state index in [2.05, 4.69) is 6.92 Å². The smallest absolute Gasteiger partial charge is 0.282 e. The molecule has 2 aromatic carbocycles. The Hall–Kier alpha value is -3.68. The number of hydrogen-bond donors (Lipinski definition) is 0. The summed E-state index contributed by atoms with van der Waals surface area (Å²) >= 11 is 0. The Morgan fingerprint density at radius 3 is 2.33 bits per heavy atom. The van der Waals surface area contributed by atoms with E-state index in [9.17, 15) is 19.7 Å². The van der Waals surface area contributed by atoms with E-state index in [1.54, 1.807) is 24.3 Å². The molecule has 0 atom stereocenters. The molecule has 0 unspecified atom stereocenters. The first kappa shape index (κ1) is 22.5.